The van der Waals surface area contributed by atoms with E-state index in [9.17, 15) is 27.9 Å². The van der Waals surface area contributed by atoms with Gasteiger partial charge in [-0.3, -0.25) is 9.59 Å². The maximum Gasteiger partial charge on any atom is 0.330 e. The number of hydrogen-bond acceptors (Lipinski definition) is 13. The number of likely N-dealkylation sites (N-methyl/N-ethyl adjacent to an activating group) is 1. The van der Waals surface area contributed by atoms with Gasteiger partial charge < -0.3 is 40.7 Å². The first-order chi connectivity index (χ1) is 33.0. The highest BCUT2D eigenvalue weighted by Gasteiger charge is 2.61. The molecule has 3 fully saturated rings. The van der Waals surface area contributed by atoms with Crippen LogP contribution in [-0.4, -0.2) is 120 Å². The topological polar surface area (TPSA) is 221 Å². The molecule has 6 atom stereocenters. The summed E-state index contributed by atoms with van der Waals surface area (Å²) in [7, 11) is -0.740. The van der Waals surface area contributed by atoms with Gasteiger partial charge in [0.05, 0.1) is 24.9 Å². The summed E-state index contributed by atoms with van der Waals surface area (Å²) >= 11 is 2.58. The van der Waals surface area contributed by atoms with Crippen molar-refractivity contribution in [2.24, 2.45) is 11.3 Å². The number of allylic oxidation sites excluding steroid dienone is 1. The number of nitrogens with zero attached hydrogens (tertiary/aromatic N) is 4. The average molecular weight is 1010 g/mol. The van der Waals surface area contributed by atoms with Gasteiger partial charge in [-0.05, 0) is 81.4 Å². The molecule has 3 aromatic heterocycles. The number of sulfonamides is 1. The highest BCUT2D eigenvalue weighted by atomic mass is 32.2. The van der Waals surface area contributed by atoms with Crippen LogP contribution in [0.5, 0.6) is 11.5 Å². The Balaban J connectivity index is 1.09. The highest BCUT2D eigenvalue weighted by Crippen LogP contribution is 2.46. The number of anilines is 1. The molecule has 0 bridgehead atoms. The average Bonchev–Trinajstić information content (AvgIpc) is 3.79. The summed E-state index contributed by atoms with van der Waals surface area (Å²) < 4.78 is 41.1. The minimum Gasteiger partial charge on any atom is -0.497 e. The molecule has 5 N–H and O–H groups in total. The minimum atomic E-state index is -3.83. The molecular formula is C49H64N8O9S3. The quantitative estimate of drug-likeness (QED) is 0.0780. The van der Waals surface area contributed by atoms with Crippen LogP contribution in [0.4, 0.5) is 9.93 Å². The van der Waals surface area contributed by atoms with Crippen LogP contribution in [0.25, 0.3) is 22.3 Å². The monoisotopic (exact) mass is 1000 g/mol. The van der Waals surface area contributed by atoms with E-state index in [4.69, 9.17) is 19.4 Å². The van der Waals surface area contributed by atoms with Crippen LogP contribution < -0.4 is 30.7 Å². The van der Waals surface area contributed by atoms with Gasteiger partial charge in [0.2, 0.25) is 11.8 Å². The molecule has 4 aromatic rings. The van der Waals surface area contributed by atoms with E-state index >= 15 is 4.79 Å². The zero-order valence-corrected chi connectivity index (χ0v) is 42.3. The number of aromatic nitrogens is 2. The second kappa shape index (κ2) is 21.0. The molecular weight excluding hydrogens is 941 g/mol. The van der Waals surface area contributed by atoms with Crippen LogP contribution in [0.15, 0.2) is 63.5 Å². The van der Waals surface area contributed by atoms with Crippen molar-refractivity contribution in [3.8, 4) is 22.9 Å². The summed E-state index contributed by atoms with van der Waals surface area (Å²) in [5.74, 6) is -1.64. The molecule has 1 saturated heterocycles. The van der Waals surface area contributed by atoms with Crippen molar-refractivity contribution in [2.45, 2.75) is 138 Å². The number of carboxylic acids is 1. The number of thiophene rings is 1. The number of pyridine rings is 1. The Labute approximate surface area is 411 Å². The first-order valence-electron chi connectivity index (χ1n) is 24.0. The first-order valence-corrected chi connectivity index (χ1v) is 27.2. The van der Waals surface area contributed by atoms with E-state index in [1.54, 1.807) is 42.8 Å². The lowest BCUT2D eigenvalue weighted by Crippen LogP contribution is -2.60. The number of rotatable bonds is 14. The lowest BCUT2D eigenvalue weighted by Gasteiger charge is -2.42. The smallest absolute Gasteiger partial charge is 0.330 e. The Hall–Kier alpha value is -5.31. The summed E-state index contributed by atoms with van der Waals surface area (Å²) in [6.45, 7) is 6.12. The van der Waals surface area contributed by atoms with E-state index in [0.29, 0.717) is 46.6 Å². The SMILES string of the molecule is COc1ccc2c(O[C@@H]3C[C@H]4C(=O)N[C@]5(C(=O)O)CC5C=CCCCCC[C@H](NC(=O)N[C@H](CN(C)S(=O)(=O)c5cccs5)C5(C)CCCCC5)C(=O)N4C3)cc(-c3csc(NC(C)C)n3)nc2c1. The van der Waals surface area contributed by atoms with Gasteiger partial charge in [0.1, 0.15) is 45.1 Å². The number of methoxy groups -OCH3 is 1. The standard InChI is InChI=1S/C49H64N8O9S3/c1-30(2)50-47-53-38(29-68-47)37-25-40(34-19-18-32(65-5)23-36(34)51-37)66-33-24-39-43(58)55-49(45(60)61)26-31(49)15-10-7-6-8-11-16-35(44(59)57(39)27-33)52-46(62)54-41(48(3)20-12-9-13-21-48)28-56(4)69(63,64)42-17-14-22-67-42/h10,14-15,17-19,22-23,25,29-31,33,35,39,41H,6-9,11-13,16,20-21,24,26-28H2,1-5H3,(H,50,53)(H,55,58)(H,60,61)(H2,52,54,62)/t31?,33-,35+,39+,41-,49-/m1/s1. The van der Waals surface area contributed by atoms with Crippen LogP contribution >= 0.6 is 22.7 Å². The zero-order valence-electron chi connectivity index (χ0n) is 39.9. The number of urea groups is 1. The minimum absolute atomic E-state index is 0.0205. The van der Waals surface area contributed by atoms with E-state index in [1.165, 1.54) is 27.6 Å². The molecule has 4 aliphatic rings. The van der Waals surface area contributed by atoms with Gasteiger partial charge in [0.25, 0.3) is 10.0 Å². The summed E-state index contributed by atoms with van der Waals surface area (Å²) in [5.41, 5.74) is -0.188. The number of amides is 4. The van der Waals surface area contributed by atoms with Gasteiger partial charge >= 0.3 is 12.0 Å². The molecule has 2 aliphatic heterocycles. The third-order valence-electron chi connectivity index (χ3n) is 14.1. The predicted molar refractivity (Wildman–Crippen MR) is 266 cm³/mol. The van der Waals surface area contributed by atoms with Gasteiger partial charge in [0.15, 0.2) is 5.13 Å². The van der Waals surface area contributed by atoms with E-state index in [-0.39, 0.29) is 42.6 Å². The molecule has 2 aliphatic carbocycles. The summed E-state index contributed by atoms with van der Waals surface area (Å²) in [4.78, 5) is 68.0. The fourth-order valence-corrected chi connectivity index (χ4v) is 13.2. The fraction of sp³-hybridized carbons (Fsp3) is 0.551. The van der Waals surface area contributed by atoms with E-state index < -0.39 is 74.9 Å². The molecule has 4 amide bonds. The Bertz CT molecular complexity index is 2650. The lowest BCUT2D eigenvalue weighted by molar-refractivity contribution is -0.145. The van der Waals surface area contributed by atoms with Crippen LogP contribution in [0.2, 0.25) is 0 Å². The number of carbonyl (C=O) groups is 4. The molecule has 20 heteroatoms. The molecule has 5 heterocycles. The summed E-state index contributed by atoms with van der Waals surface area (Å²) in [6.07, 6.45) is 10.9. The number of carboxylic acid groups (broad SMARTS) is 1. The van der Waals surface area contributed by atoms with Crippen molar-refractivity contribution in [1.82, 2.24) is 35.1 Å². The van der Waals surface area contributed by atoms with Crippen molar-refractivity contribution >= 4 is 72.5 Å². The molecule has 2 saturated carbocycles. The van der Waals surface area contributed by atoms with Crippen LogP contribution in [0, 0.1) is 11.3 Å². The molecule has 69 heavy (non-hydrogen) atoms. The lowest BCUT2D eigenvalue weighted by atomic mass is 9.70. The Morgan fingerprint density at radius 2 is 1.83 bits per heavy atom. The van der Waals surface area contributed by atoms with Gasteiger partial charge in [-0.1, -0.05) is 57.2 Å². The number of aliphatic carboxylic acids is 1. The van der Waals surface area contributed by atoms with Gasteiger partial charge in [-0.25, -0.2) is 28.0 Å². The molecule has 8 rings (SSSR count). The van der Waals surface area contributed by atoms with Gasteiger partial charge in [-0.15, -0.1) is 22.7 Å². The fourth-order valence-electron chi connectivity index (χ4n) is 9.99. The molecule has 0 spiro atoms. The molecule has 1 unspecified atom stereocenters. The highest BCUT2D eigenvalue weighted by molar-refractivity contribution is 7.91. The number of thiazole rings is 1. The zero-order chi connectivity index (χ0) is 49.1. The largest absolute Gasteiger partial charge is 0.497 e. The predicted octanol–water partition coefficient (Wildman–Crippen LogP) is 7.40. The molecule has 17 nitrogen and oxygen atoms in total. The van der Waals surface area contributed by atoms with Gasteiger partial charge in [-0.2, -0.15) is 4.31 Å². The maximum atomic E-state index is 15.1. The number of ether oxygens (including phenoxy) is 2. The van der Waals surface area contributed by atoms with Gasteiger partial charge in [0, 0.05) is 60.9 Å². The van der Waals surface area contributed by atoms with E-state index in [1.807, 2.05) is 37.4 Å². The first kappa shape index (κ1) is 50.1. The second-order valence-corrected chi connectivity index (χ2v) is 23.6. The number of carbonyl (C=O) groups excluding carboxylic acids is 3. The van der Waals surface area contributed by atoms with Crippen molar-refractivity contribution < 1.29 is 42.2 Å². The van der Waals surface area contributed by atoms with Crippen molar-refractivity contribution in [3.63, 3.8) is 0 Å². The van der Waals surface area contributed by atoms with Crippen LogP contribution in [0.1, 0.15) is 97.8 Å². The van der Waals surface area contributed by atoms with Crippen LogP contribution in [-0.2, 0) is 24.4 Å². The number of benzene rings is 1. The normalized spacial score (nSPS) is 24.7. The van der Waals surface area contributed by atoms with E-state index in [2.05, 4.69) is 28.2 Å². The van der Waals surface area contributed by atoms with E-state index in [0.717, 1.165) is 61.4 Å². The number of hydrogen-bond donors (Lipinski definition) is 5. The van der Waals surface area contributed by atoms with Crippen molar-refractivity contribution in [1.29, 1.82) is 0 Å². The van der Waals surface area contributed by atoms with Crippen molar-refractivity contribution in [2.75, 3.05) is 32.6 Å². The molecule has 0 radical (unpaired) electrons. The Kier molecular flexibility index (Phi) is 15.2. The summed E-state index contributed by atoms with van der Waals surface area (Å²) in [6, 6.07) is 7.23. The third-order valence-corrected chi connectivity index (χ3v) is 18.1. The number of nitrogens with one attached hydrogen (secondary N) is 4. The molecule has 372 valence electrons. The maximum absolute atomic E-state index is 15.1. The Morgan fingerprint density at radius 1 is 1.04 bits per heavy atom. The Morgan fingerprint density at radius 3 is 2.55 bits per heavy atom. The second-order valence-electron chi connectivity index (χ2n) is 19.5. The summed E-state index contributed by atoms with van der Waals surface area (Å²) in [5, 5.41) is 27.7. The third kappa shape index (κ3) is 11.2. The van der Waals surface area contributed by atoms with Crippen LogP contribution in [0.3, 0.4) is 0 Å². The molecule has 1 aromatic carbocycles. The van der Waals surface area contributed by atoms with Crippen molar-refractivity contribution in [3.05, 3.63) is 59.3 Å². The number of fused-ring (bicyclic) bond motifs is 3.